The van der Waals surface area contributed by atoms with Gasteiger partial charge in [-0.25, -0.2) is 0 Å². The number of thiophene rings is 1. The molecule has 1 aromatic heterocycles. The summed E-state index contributed by atoms with van der Waals surface area (Å²) in [6, 6.07) is 7.21. The molecule has 0 N–H and O–H groups in total. The van der Waals surface area contributed by atoms with Crippen molar-refractivity contribution in [3.8, 4) is 0 Å². The van der Waals surface area contributed by atoms with E-state index in [4.69, 9.17) is 46.4 Å². The van der Waals surface area contributed by atoms with Crippen molar-refractivity contribution in [1.82, 2.24) is 0 Å². The van der Waals surface area contributed by atoms with E-state index in [2.05, 4.69) is 15.9 Å². The van der Waals surface area contributed by atoms with E-state index in [-0.39, 0.29) is 4.83 Å². The van der Waals surface area contributed by atoms with Crippen LogP contribution in [-0.4, -0.2) is 0 Å². The first-order valence-electron chi connectivity index (χ1n) is 4.52. The molecule has 0 aliphatic carbocycles. The fraction of sp³-hybridized carbons (Fsp3) is 0.0909. The van der Waals surface area contributed by atoms with Crippen LogP contribution in [0, 0.1) is 0 Å². The SMILES string of the molecule is Clc1cc(Cl)cc(C(Br)c2cc(Cl)sc2Cl)c1. The number of rotatable bonds is 2. The molecular formula is C11H5BrCl4S. The van der Waals surface area contributed by atoms with Crippen molar-refractivity contribution in [3.63, 3.8) is 0 Å². The second-order valence-corrected chi connectivity index (χ2v) is 7.42. The van der Waals surface area contributed by atoms with Gasteiger partial charge in [0.2, 0.25) is 0 Å². The average Bonchev–Trinajstić information content (AvgIpc) is 2.55. The van der Waals surface area contributed by atoms with Crippen LogP contribution in [0.5, 0.6) is 0 Å². The van der Waals surface area contributed by atoms with Gasteiger partial charge in [-0.3, -0.25) is 0 Å². The summed E-state index contributed by atoms with van der Waals surface area (Å²) in [5.41, 5.74) is 1.86. The van der Waals surface area contributed by atoms with Crippen molar-refractivity contribution < 1.29 is 0 Å². The molecule has 1 aromatic carbocycles. The van der Waals surface area contributed by atoms with Crippen LogP contribution in [0.3, 0.4) is 0 Å². The van der Waals surface area contributed by atoms with Crippen LogP contribution in [-0.2, 0) is 0 Å². The summed E-state index contributed by atoms with van der Waals surface area (Å²) in [7, 11) is 0. The molecule has 1 unspecified atom stereocenters. The van der Waals surface area contributed by atoms with Crippen LogP contribution in [0.2, 0.25) is 18.7 Å². The standard InChI is InChI=1S/C11H5BrCl4S/c12-10(8-4-9(15)17-11(8)16)5-1-6(13)3-7(14)2-5/h1-4,10H. The Bertz CT molecular complexity index is 532. The van der Waals surface area contributed by atoms with Crippen molar-refractivity contribution in [3.05, 3.63) is 54.1 Å². The van der Waals surface area contributed by atoms with Crippen LogP contribution in [0.4, 0.5) is 0 Å². The fourth-order valence-electron chi connectivity index (χ4n) is 1.43. The average molecular weight is 391 g/mol. The fourth-order valence-corrected chi connectivity index (χ4v) is 4.41. The Morgan fingerprint density at radius 3 is 2.00 bits per heavy atom. The zero-order chi connectivity index (χ0) is 12.6. The molecule has 2 aromatic rings. The van der Waals surface area contributed by atoms with E-state index >= 15 is 0 Å². The van der Waals surface area contributed by atoms with Crippen molar-refractivity contribution in [1.29, 1.82) is 0 Å². The Balaban J connectivity index is 2.43. The second-order valence-electron chi connectivity index (χ2n) is 3.34. The number of halogens is 5. The van der Waals surface area contributed by atoms with Gasteiger partial charge >= 0.3 is 0 Å². The van der Waals surface area contributed by atoms with Crippen molar-refractivity contribution >= 4 is 73.7 Å². The van der Waals surface area contributed by atoms with Crippen molar-refractivity contribution in [2.45, 2.75) is 4.83 Å². The molecule has 6 heteroatoms. The number of hydrogen-bond donors (Lipinski definition) is 0. The second kappa shape index (κ2) is 5.68. The van der Waals surface area contributed by atoms with Crippen molar-refractivity contribution in [2.75, 3.05) is 0 Å². The van der Waals surface area contributed by atoms with E-state index in [0.717, 1.165) is 11.1 Å². The topological polar surface area (TPSA) is 0 Å². The van der Waals surface area contributed by atoms with Gasteiger partial charge in [0.1, 0.15) is 0 Å². The van der Waals surface area contributed by atoms with Gasteiger partial charge in [0.05, 0.1) is 13.5 Å². The summed E-state index contributed by atoms with van der Waals surface area (Å²) in [5, 5.41) is 1.18. The molecule has 0 nitrogen and oxygen atoms in total. The molecular weight excluding hydrogens is 386 g/mol. The number of hydrogen-bond acceptors (Lipinski definition) is 1. The van der Waals surface area contributed by atoms with Crippen molar-refractivity contribution in [2.24, 2.45) is 0 Å². The molecule has 1 heterocycles. The highest BCUT2D eigenvalue weighted by Crippen LogP contribution is 2.42. The summed E-state index contributed by atoms with van der Waals surface area (Å²) in [5.74, 6) is 0. The molecule has 0 bridgehead atoms. The zero-order valence-corrected chi connectivity index (χ0v) is 13.6. The summed E-state index contributed by atoms with van der Waals surface area (Å²) in [4.78, 5) is -0.0741. The highest BCUT2D eigenvalue weighted by Gasteiger charge is 2.17. The first kappa shape index (κ1) is 14.0. The van der Waals surface area contributed by atoms with Crippen LogP contribution in [0.15, 0.2) is 24.3 Å². The Morgan fingerprint density at radius 1 is 0.941 bits per heavy atom. The molecule has 0 saturated heterocycles. The molecule has 17 heavy (non-hydrogen) atoms. The van der Waals surface area contributed by atoms with E-state index in [9.17, 15) is 0 Å². The smallest absolute Gasteiger partial charge is 0.0990 e. The van der Waals surface area contributed by atoms with Gasteiger partial charge in [0.25, 0.3) is 0 Å². The maximum Gasteiger partial charge on any atom is 0.0990 e. The molecule has 0 radical (unpaired) electrons. The van der Waals surface area contributed by atoms with Crippen LogP contribution < -0.4 is 0 Å². The Kier molecular flexibility index (Phi) is 4.67. The third-order valence-electron chi connectivity index (χ3n) is 2.13. The van der Waals surface area contributed by atoms with Gasteiger partial charge in [-0.05, 0) is 29.8 Å². The molecule has 2 rings (SSSR count). The predicted octanol–water partition coefficient (Wildman–Crippen LogP) is 6.85. The Hall–Kier alpha value is 0.560. The van der Waals surface area contributed by atoms with E-state index in [1.165, 1.54) is 11.3 Å². The van der Waals surface area contributed by atoms with Gasteiger partial charge in [-0.1, -0.05) is 62.3 Å². The maximum absolute atomic E-state index is 6.11. The molecule has 90 valence electrons. The maximum atomic E-state index is 6.11. The van der Waals surface area contributed by atoms with E-state index < -0.39 is 0 Å². The molecule has 0 spiro atoms. The van der Waals surface area contributed by atoms with Gasteiger partial charge in [0.15, 0.2) is 0 Å². The monoisotopic (exact) mass is 388 g/mol. The molecule has 0 amide bonds. The highest BCUT2D eigenvalue weighted by atomic mass is 79.9. The Labute approximate surface area is 132 Å². The van der Waals surface area contributed by atoms with E-state index in [0.29, 0.717) is 18.7 Å². The first-order valence-corrected chi connectivity index (χ1v) is 7.76. The quantitative estimate of drug-likeness (QED) is 0.492. The Morgan fingerprint density at radius 2 is 1.53 bits per heavy atom. The van der Waals surface area contributed by atoms with Gasteiger partial charge in [0, 0.05) is 15.6 Å². The zero-order valence-electron chi connectivity index (χ0n) is 8.18. The van der Waals surface area contributed by atoms with Gasteiger partial charge in [-0.2, -0.15) is 0 Å². The molecule has 0 aliphatic rings. The third kappa shape index (κ3) is 3.31. The molecule has 0 aliphatic heterocycles. The third-order valence-corrected chi connectivity index (χ3v) is 5.11. The summed E-state index contributed by atoms with van der Waals surface area (Å²) in [6.45, 7) is 0. The molecule has 0 fully saturated rings. The summed E-state index contributed by atoms with van der Waals surface area (Å²) >= 11 is 28.9. The highest BCUT2D eigenvalue weighted by molar-refractivity contribution is 9.09. The molecule has 0 saturated carbocycles. The van der Waals surface area contributed by atoms with Crippen LogP contribution >= 0.6 is 73.7 Å². The van der Waals surface area contributed by atoms with Crippen LogP contribution in [0.25, 0.3) is 0 Å². The minimum absolute atomic E-state index is 0.0741. The lowest BCUT2D eigenvalue weighted by atomic mass is 10.1. The minimum atomic E-state index is -0.0741. The molecule has 1 atom stereocenters. The number of alkyl halides is 1. The minimum Gasteiger partial charge on any atom is -0.111 e. The summed E-state index contributed by atoms with van der Waals surface area (Å²) in [6.07, 6.45) is 0. The van der Waals surface area contributed by atoms with Crippen LogP contribution in [0.1, 0.15) is 16.0 Å². The van der Waals surface area contributed by atoms with E-state index in [1.54, 1.807) is 6.07 Å². The lowest BCUT2D eigenvalue weighted by molar-refractivity contribution is 1.19. The first-order chi connectivity index (χ1) is 7.97. The summed E-state index contributed by atoms with van der Waals surface area (Å²) < 4.78 is 1.32. The normalized spacial score (nSPS) is 12.8. The van der Waals surface area contributed by atoms with E-state index in [1.807, 2.05) is 18.2 Å². The predicted molar refractivity (Wildman–Crippen MR) is 81.6 cm³/mol. The van der Waals surface area contributed by atoms with Gasteiger partial charge in [-0.15, -0.1) is 11.3 Å². The largest absolute Gasteiger partial charge is 0.111 e. The lowest BCUT2D eigenvalue weighted by Gasteiger charge is -2.10. The van der Waals surface area contributed by atoms with Gasteiger partial charge < -0.3 is 0 Å². The lowest BCUT2D eigenvalue weighted by Crippen LogP contribution is -1.91. The number of benzene rings is 1.